The zero-order valence-corrected chi connectivity index (χ0v) is 11.4. The number of allylic oxidation sites excluding steroid dienone is 1. The summed E-state index contributed by atoms with van der Waals surface area (Å²) in [6.07, 6.45) is 3.76. The number of nitrogens with zero attached hydrogens (tertiary/aromatic N) is 1. The Balaban J connectivity index is 4.04. The van der Waals surface area contributed by atoms with Crippen LogP contribution in [0.5, 0.6) is 0 Å². The molecular weight excluding hydrogens is 274 g/mol. The lowest BCUT2D eigenvalue weighted by Crippen LogP contribution is -2.26. The van der Waals surface area contributed by atoms with Gasteiger partial charge in [0.1, 0.15) is 17.8 Å². The minimum Gasteiger partial charge on any atom is -0.342 e. The van der Waals surface area contributed by atoms with Gasteiger partial charge in [-0.1, -0.05) is 0 Å². The number of hydrogen-bond acceptors (Lipinski definition) is 5. The average molecular weight is 291 g/mol. The van der Waals surface area contributed by atoms with Gasteiger partial charge >= 0.3 is 0 Å². The van der Waals surface area contributed by atoms with E-state index in [9.17, 15) is 22.8 Å². The highest BCUT2D eigenvalue weighted by Crippen LogP contribution is 2.07. The third kappa shape index (κ3) is 7.47. The molecule has 0 aliphatic heterocycles. The van der Waals surface area contributed by atoms with E-state index in [0.29, 0.717) is 25.7 Å². The Kier molecular flexibility index (Phi) is 7.85. The summed E-state index contributed by atoms with van der Waals surface area (Å²) in [5.41, 5.74) is 0. The second kappa shape index (κ2) is 8.54. The van der Waals surface area contributed by atoms with Crippen molar-refractivity contribution in [3.8, 4) is 0 Å². The quantitative estimate of drug-likeness (QED) is 0.273. The summed E-state index contributed by atoms with van der Waals surface area (Å²) >= 11 is 0. The predicted octanol–water partition coefficient (Wildman–Crippen LogP) is -0.174. The molecule has 1 atom stereocenters. The molecule has 108 valence electrons. The zero-order chi connectivity index (χ0) is 14.9. The van der Waals surface area contributed by atoms with E-state index in [0.717, 1.165) is 12.2 Å². The molecule has 19 heavy (non-hydrogen) atoms. The molecule has 0 spiro atoms. The molecule has 0 heterocycles. The largest absolute Gasteiger partial charge is 0.342 e. The third-order valence-corrected chi connectivity index (χ3v) is 3.57. The standard InChI is InChI=1S/C11H17NO6S/c1-12(11(15)6-4-8-13)7-3-2-5-10(9-14)19(16,17)18/h4,6,8-10H,2-3,5,7H2,1H3,(H,16,17,18)/b6-4-. The van der Waals surface area contributed by atoms with Crippen LogP contribution in [-0.4, -0.2) is 55.2 Å². The normalized spacial score (nSPS) is 13.2. The Morgan fingerprint density at radius 1 is 1.32 bits per heavy atom. The van der Waals surface area contributed by atoms with Gasteiger partial charge in [-0.15, -0.1) is 0 Å². The van der Waals surface area contributed by atoms with Crippen molar-refractivity contribution in [3.63, 3.8) is 0 Å². The number of hydrogen-bond donors (Lipinski definition) is 1. The summed E-state index contributed by atoms with van der Waals surface area (Å²) in [7, 11) is -2.80. The summed E-state index contributed by atoms with van der Waals surface area (Å²) in [4.78, 5) is 33.2. The fourth-order valence-electron chi connectivity index (χ4n) is 1.34. The summed E-state index contributed by atoms with van der Waals surface area (Å²) in [6, 6.07) is 0. The Hall–Kier alpha value is -1.54. The van der Waals surface area contributed by atoms with Crippen molar-refractivity contribution in [1.82, 2.24) is 4.90 Å². The van der Waals surface area contributed by atoms with Gasteiger partial charge in [0.15, 0.2) is 0 Å². The Morgan fingerprint density at radius 2 is 1.95 bits per heavy atom. The van der Waals surface area contributed by atoms with E-state index >= 15 is 0 Å². The highest BCUT2D eigenvalue weighted by molar-refractivity contribution is 7.87. The van der Waals surface area contributed by atoms with E-state index in [1.54, 1.807) is 0 Å². The smallest absolute Gasteiger partial charge is 0.274 e. The summed E-state index contributed by atoms with van der Waals surface area (Å²) < 4.78 is 30.2. The molecule has 0 saturated carbocycles. The monoisotopic (exact) mass is 291 g/mol. The second-order valence-corrected chi connectivity index (χ2v) is 5.58. The number of carbonyl (C=O) groups is 3. The number of likely N-dealkylation sites (N-methyl/N-ethyl adjacent to an activating group) is 1. The SMILES string of the molecule is CN(CCCCC(C=O)S(=O)(=O)O)C(=O)/C=C\C=O. The van der Waals surface area contributed by atoms with Crippen LogP contribution < -0.4 is 0 Å². The van der Waals surface area contributed by atoms with Crippen molar-refractivity contribution in [3.05, 3.63) is 12.2 Å². The summed E-state index contributed by atoms with van der Waals surface area (Å²) in [6.45, 7) is 0.360. The molecule has 0 rings (SSSR count). The van der Waals surface area contributed by atoms with Crippen LogP contribution in [0.3, 0.4) is 0 Å². The van der Waals surface area contributed by atoms with Crippen molar-refractivity contribution >= 4 is 28.6 Å². The van der Waals surface area contributed by atoms with Crippen LogP contribution in [0.2, 0.25) is 0 Å². The molecule has 0 aromatic carbocycles. The Labute approximate surface area is 112 Å². The lowest BCUT2D eigenvalue weighted by Gasteiger charge is -2.15. The van der Waals surface area contributed by atoms with Gasteiger partial charge in [-0.2, -0.15) is 8.42 Å². The van der Waals surface area contributed by atoms with Crippen molar-refractivity contribution < 1.29 is 27.4 Å². The van der Waals surface area contributed by atoms with E-state index in [-0.39, 0.29) is 18.6 Å². The van der Waals surface area contributed by atoms with Gasteiger partial charge in [0.05, 0.1) is 0 Å². The van der Waals surface area contributed by atoms with Crippen LogP contribution in [0.25, 0.3) is 0 Å². The van der Waals surface area contributed by atoms with Gasteiger partial charge < -0.3 is 9.69 Å². The van der Waals surface area contributed by atoms with Crippen LogP contribution >= 0.6 is 0 Å². The zero-order valence-electron chi connectivity index (χ0n) is 10.6. The molecule has 0 aliphatic carbocycles. The van der Waals surface area contributed by atoms with Crippen molar-refractivity contribution in [1.29, 1.82) is 0 Å². The first kappa shape index (κ1) is 17.5. The molecule has 0 fully saturated rings. The van der Waals surface area contributed by atoms with Crippen molar-refractivity contribution in [2.24, 2.45) is 0 Å². The van der Waals surface area contributed by atoms with E-state index in [4.69, 9.17) is 4.55 Å². The van der Waals surface area contributed by atoms with Gasteiger partial charge in [0.25, 0.3) is 10.1 Å². The van der Waals surface area contributed by atoms with Gasteiger partial charge in [-0.25, -0.2) is 0 Å². The maximum absolute atomic E-state index is 11.3. The molecule has 0 aromatic heterocycles. The highest BCUT2D eigenvalue weighted by atomic mass is 32.2. The molecule has 1 amide bonds. The molecule has 7 nitrogen and oxygen atoms in total. The van der Waals surface area contributed by atoms with Crippen LogP contribution in [0.15, 0.2) is 12.2 Å². The summed E-state index contributed by atoms with van der Waals surface area (Å²) in [5.74, 6) is -0.339. The second-order valence-electron chi connectivity index (χ2n) is 3.94. The fraction of sp³-hybridized carbons (Fsp3) is 0.545. The number of aldehydes is 2. The minimum absolute atomic E-state index is 0.00847. The fourth-order valence-corrected chi connectivity index (χ4v) is 1.95. The minimum atomic E-state index is -4.34. The van der Waals surface area contributed by atoms with Crippen LogP contribution in [0.4, 0.5) is 0 Å². The lowest BCUT2D eigenvalue weighted by molar-refractivity contribution is -0.125. The van der Waals surface area contributed by atoms with E-state index in [1.807, 2.05) is 0 Å². The molecule has 0 aliphatic rings. The first-order chi connectivity index (χ1) is 8.82. The van der Waals surface area contributed by atoms with E-state index < -0.39 is 15.4 Å². The molecule has 1 unspecified atom stereocenters. The molecule has 0 saturated heterocycles. The highest BCUT2D eigenvalue weighted by Gasteiger charge is 2.21. The van der Waals surface area contributed by atoms with Crippen LogP contribution in [-0.2, 0) is 24.5 Å². The van der Waals surface area contributed by atoms with Crippen molar-refractivity contribution in [2.75, 3.05) is 13.6 Å². The Bertz CT molecular complexity index is 442. The van der Waals surface area contributed by atoms with E-state index in [1.165, 1.54) is 11.9 Å². The predicted molar refractivity (Wildman–Crippen MR) is 68.1 cm³/mol. The molecule has 0 radical (unpaired) electrons. The number of rotatable bonds is 9. The molecule has 0 bridgehead atoms. The maximum Gasteiger partial charge on any atom is 0.274 e. The number of carbonyl (C=O) groups excluding carboxylic acids is 3. The third-order valence-electron chi connectivity index (χ3n) is 2.46. The van der Waals surface area contributed by atoms with E-state index in [2.05, 4.69) is 0 Å². The van der Waals surface area contributed by atoms with Gasteiger partial charge in [-0.05, 0) is 25.3 Å². The summed E-state index contributed by atoms with van der Waals surface area (Å²) in [5, 5.41) is -1.41. The first-order valence-corrected chi connectivity index (χ1v) is 7.11. The average Bonchev–Trinajstić information content (AvgIpc) is 2.33. The molecule has 0 aromatic rings. The molecule has 8 heteroatoms. The van der Waals surface area contributed by atoms with Gasteiger partial charge in [0, 0.05) is 19.7 Å². The molecule has 1 N–H and O–H groups in total. The van der Waals surface area contributed by atoms with Gasteiger partial charge in [-0.3, -0.25) is 14.1 Å². The maximum atomic E-state index is 11.3. The van der Waals surface area contributed by atoms with Gasteiger partial charge in [0.2, 0.25) is 5.91 Å². The van der Waals surface area contributed by atoms with Crippen molar-refractivity contribution in [2.45, 2.75) is 24.5 Å². The number of amides is 1. The Morgan fingerprint density at radius 3 is 2.42 bits per heavy atom. The molecular formula is C11H17NO6S. The lowest BCUT2D eigenvalue weighted by atomic mass is 10.2. The van der Waals surface area contributed by atoms with Crippen LogP contribution in [0, 0.1) is 0 Å². The van der Waals surface area contributed by atoms with Crippen LogP contribution in [0.1, 0.15) is 19.3 Å². The number of unbranched alkanes of at least 4 members (excludes halogenated alkanes) is 1. The topological polar surface area (TPSA) is 109 Å². The first-order valence-electron chi connectivity index (χ1n) is 5.61.